The first kappa shape index (κ1) is 6.34. The first-order valence-electron chi connectivity index (χ1n) is 3.59. The zero-order chi connectivity index (χ0) is 7.68. The lowest BCUT2D eigenvalue weighted by Gasteiger charge is -2.13. The Balaban J connectivity index is 2.51. The van der Waals surface area contributed by atoms with Crippen LogP contribution in [0, 0.1) is 0 Å². The zero-order valence-electron chi connectivity index (χ0n) is 6.33. The van der Waals surface area contributed by atoms with Gasteiger partial charge in [0.25, 0.3) is 0 Å². The molecule has 0 fully saturated rings. The molecule has 56 valence electrons. The van der Waals surface area contributed by atoms with Crippen molar-refractivity contribution in [1.29, 1.82) is 0 Å². The Morgan fingerprint density at radius 2 is 2.45 bits per heavy atom. The predicted octanol–water partition coefficient (Wildman–Crippen LogP) is 1.60. The Bertz CT molecular complexity index is 304. The molecule has 1 aliphatic rings. The van der Waals surface area contributed by atoms with Crippen molar-refractivity contribution in [2.75, 3.05) is 11.9 Å². The van der Waals surface area contributed by atoms with Crippen LogP contribution in [0.4, 0.5) is 11.5 Å². The summed E-state index contributed by atoms with van der Waals surface area (Å²) in [5.74, 6) is 0.802. The molecule has 0 bridgehead atoms. The second-order valence-corrected chi connectivity index (χ2v) is 2.58. The third-order valence-corrected chi connectivity index (χ3v) is 1.62. The Labute approximate surface area is 65.2 Å². The van der Waals surface area contributed by atoms with E-state index in [0.29, 0.717) is 0 Å². The SMILES string of the molecule is CC1=Nc2ncccc2NC1. The lowest BCUT2D eigenvalue weighted by molar-refractivity contribution is 1.20. The molecular formula is C8H9N3. The molecule has 1 aromatic rings. The van der Waals surface area contributed by atoms with Gasteiger partial charge < -0.3 is 5.32 Å². The van der Waals surface area contributed by atoms with Gasteiger partial charge in [-0.2, -0.15) is 0 Å². The molecule has 2 heterocycles. The molecule has 1 aromatic heterocycles. The third kappa shape index (κ3) is 1.09. The van der Waals surface area contributed by atoms with Gasteiger partial charge in [0.15, 0.2) is 5.82 Å². The summed E-state index contributed by atoms with van der Waals surface area (Å²) in [6.07, 6.45) is 1.75. The minimum atomic E-state index is 0.802. The molecule has 3 heteroatoms. The van der Waals surface area contributed by atoms with Crippen LogP contribution in [0.15, 0.2) is 23.3 Å². The molecule has 1 aliphatic heterocycles. The van der Waals surface area contributed by atoms with Crippen LogP contribution in [0.5, 0.6) is 0 Å². The van der Waals surface area contributed by atoms with Gasteiger partial charge in [-0.3, -0.25) is 0 Å². The van der Waals surface area contributed by atoms with Crippen molar-refractivity contribution in [2.45, 2.75) is 6.92 Å². The number of hydrogen-bond donors (Lipinski definition) is 1. The van der Waals surface area contributed by atoms with Crippen LogP contribution in [0.2, 0.25) is 0 Å². The van der Waals surface area contributed by atoms with E-state index in [2.05, 4.69) is 15.3 Å². The summed E-state index contributed by atoms with van der Waals surface area (Å²) in [5.41, 5.74) is 2.11. The second-order valence-electron chi connectivity index (χ2n) is 2.58. The smallest absolute Gasteiger partial charge is 0.175 e. The molecule has 0 spiro atoms. The predicted molar refractivity (Wildman–Crippen MR) is 45.5 cm³/mol. The van der Waals surface area contributed by atoms with Gasteiger partial charge in [0.1, 0.15) is 0 Å². The minimum absolute atomic E-state index is 0.802. The van der Waals surface area contributed by atoms with E-state index in [1.165, 1.54) is 0 Å². The van der Waals surface area contributed by atoms with Gasteiger partial charge in [0.05, 0.1) is 12.2 Å². The average molecular weight is 147 g/mol. The summed E-state index contributed by atoms with van der Waals surface area (Å²) in [6, 6.07) is 3.89. The number of rotatable bonds is 0. The summed E-state index contributed by atoms with van der Waals surface area (Å²) in [7, 11) is 0. The molecule has 2 rings (SSSR count). The van der Waals surface area contributed by atoms with Gasteiger partial charge in [-0.15, -0.1) is 0 Å². The van der Waals surface area contributed by atoms with Crippen LogP contribution in [0.3, 0.4) is 0 Å². The maximum atomic E-state index is 4.29. The molecule has 11 heavy (non-hydrogen) atoms. The maximum Gasteiger partial charge on any atom is 0.175 e. The van der Waals surface area contributed by atoms with Gasteiger partial charge in [-0.25, -0.2) is 9.98 Å². The Kier molecular flexibility index (Phi) is 1.35. The highest BCUT2D eigenvalue weighted by molar-refractivity contribution is 5.92. The van der Waals surface area contributed by atoms with Crippen LogP contribution < -0.4 is 5.32 Å². The highest BCUT2D eigenvalue weighted by Gasteiger charge is 2.06. The number of nitrogens with one attached hydrogen (secondary N) is 1. The van der Waals surface area contributed by atoms with Crippen LogP contribution >= 0.6 is 0 Å². The zero-order valence-corrected chi connectivity index (χ0v) is 6.33. The molecule has 0 unspecified atom stereocenters. The molecule has 0 aromatic carbocycles. The van der Waals surface area contributed by atoms with E-state index in [4.69, 9.17) is 0 Å². The number of aliphatic imine (C=N–C) groups is 1. The molecule has 0 aliphatic carbocycles. The summed E-state index contributed by atoms with van der Waals surface area (Å²) >= 11 is 0. The Hall–Kier alpha value is -1.38. The molecule has 0 saturated carbocycles. The van der Waals surface area contributed by atoms with Crippen LogP contribution in [0.25, 0.3) is 0 Å². The standard InChI is InChI=1S/C8H9N3/c1-6-5-10-7-3-2-4-9-8(7)11-6/h2-4,10H,5H2,1H3. The van der Waals surface area contributed by atoms with Gasteiger partial charge in [0, 0.05) is 11.9 Å². The average Bonchev–Trinajstić information content (AvgIpc) is 2.04. The number of aromatic nitrogens is 1. The molecule has 0 amide bonds. The van der Waals surface area contributed by atoms with Crippen molar-refractivity contribution in [2.24, 2.45) is 4.99 Å². The van der Waals surface area contributed by atoms with Gasteiger partial charge >= 0.3 is 0 Å². The first-order valence-corrected chi connectivity index (χ1v) is 3.59. The fourth-order valence-electron chi connectivity index (χ4n) is 1.07. The number of pyridine rings is 1. The molecule has 0 radical (unpaired) electrons. The second kappa shape index (κ2) is 2.34. The van der Waals surface area contributed by atoms with Crippen LogP contribution in [-0.2, 0) is 0 Å². The number of nitrogens with zero attached hydrogens (tertiary/aromatic N) is 2. The summed E-state index contributed by atoms with van der Waals surface area (Å²) < 4.78 is 0. The van der Waals surface area contributed by atoms with E-state index in [-0.39, 0.29) is 0 Å². The number of fused-ring (bicyclic) bond motifs is 1. The quantitative estimate of drug-likeness (QED) is 0.605. The van der Waals surface area contributed by atoms with Gasteiger partial charge in [-0.1, -0.05) is 0 Å². The first-order chi connectivity index (χ1) is 5.36. The molecule has 0 saturated heterocycles. The molecule has 3 nitrogen and oxygen atoms in total. The number of anilines is 1. The summed E-state index contributed by atoms with van der Waals surface area (Å²) in [4.78, 5) is 8.41. The fraction of sp³-hybridized carbons (Fsp3) is 0.250. The fourth-order valence-corrected chi connectivity index (χ4v) is 1.07. The van der Waals surface area contributed by atoms with E-state index in [1.807, 2.05) is 19.1 Å². The summed E-state index contributed by atoms with van der Waals surface area (Å²) in [5, 5.41) is 3.22. The van der Waals surface area contributed by atoms with Crippen molar-refractivity contribution < 1.29 is 0 Å². The third-order valence-electron chi connectivity index (χ3n) is 1.62. The van der Waals surface area contributed by atoms with Gasteiger partial charge in [-0.05, 0) is 19.1 Å². The Morgan fingerprint density at radius 3 is 3.36 bits per heavy atom. The van der Waals surface area contributed by atoms with Crippen molar-refractivity contribution in [3.8, 4) is 0 Å². The minimum Gasteiger partial charge on any atom is -0.377 e. The topological polar surface area (TPSA) is 37.3 Å². The monoisotopic (exact) mass is 147 g/mol. The van der Waals surface area contributed by atoms with Crippen molar-refractivity contribution in [3.05, 3.63) is 18.3 Å². The highest BCUT2D eigenvalue weighted by atomic mass is 15.0. The van der Waals surface area contributed by atoms with E-state index in [9.17, 15) is 0 Å². The largest absolute Gasteiger partial charge is 0.377 e. The highest BCUT2D eigenvalue weighted by Crippen LogP contribution is 2.23. The summed E-state index contributed by atoms with van der Waals surface area (Å²) in [6.45, 7) is 2.82. The van der Waals surface area contributed by atoms with Crippen LogP contribution in [0.1, 0.15) is 6.92 Å². The van der Waals surface area contributed by atoms with Gasteiger partial charge in [0.2, 0.25) is 0 Å². The molecular weight excluding hydrogens is 138 g/mol. The van der Waals surface area contributed by atoms with Crippen molar-refractivity contribution >= 4 is 17.2 Å². The lowest BCUT2D eigenvalue weighted by atomic mass is 10.3. The van der Waals surface area contributed by atoms with E-state index < -0.39 is 0 Å². The van der Waals surface area contributed by atoms with Crippen LogP contribution in [-0.4, -0.2) is 17.2 Å². The molecule has 1 N–H and O–H groups in total. The van der Waals surface area contributed by atoms with E-state index in [0.717, 1.165) is 23.8 Å². The Morgan fingerprint density at radius 1 is 1.55 bits per heavy atom. The maximum absolute atomic E-state index is 4.29. The normalized spacial score (nSPS) is 14.8. The van der Waals surface area contributed by atoms with Crippen molar-refractivity contribution in [3.63, 3.8) is 0 Å². The van der Waals surface area contributed by atoms with E-state index in [1.54, 1.807) is 6.20 Å². The number of hydrogen-bond acceptors (Lipinski definition) is 3. The van der Waals surface area contributed by atoms with Crippen molar-refractivity contribution in [1.82, 2.24) is 4.98 Å². The molecule has 0 atom stereocenters. The lowest BCUT2D eigenvalue weighted by Crippen LogP contribution is -2.14. The van der Waals surface area contributed by atoms with E-state index >= 15 is 0 Å².